The van der Waals surface area contributed by atoms with Crippen LogP contribution in [-0.2, 0) is 0 Å². The number of aryl methyl sites for hydroxylation is 2. The summed E-state index contributed by atoms with van der Waals surface area (Å²) in [6.45, 7) is 3.79. The van der Waals surface area contributed by atoms with E-state index in [0.717, 1.165) is 5.56 Å². The summed E-state index contributed by atoms with van der Waals surface area (Å²) in [5.41, 5.74) is 8.69. The molecule has 0 saturated heterocycles. The number of benzene rings is 1. The maximum absolute atomic E-state index is 12.0. The number of pyridine rings is 1. The number of nitrogen functional groups attached to an aromatic ring is 1. The highest BCUT2D eigenvalue weighted by Gasteiger charge is 2.07. The van der Waals surface area contributed by atoms with Gasteiger partial charge in [0.2, 0.25) is 0 Å². The summed E-state index contributed by atoms with van der Waals surface area (Å²) >= 11 is 0. The highest BCUT2D eigenvalue weighted by Crippen LogP contribution is 2.15. The number of carbonyl (C=O) groups is 1. The Morgan fingerprint density at radius 3 is 2.39 bits per heavy atom. The summed E-state index contributed by atoms with van der Waals surface area (Å²) in [4.78, 5) is 16.1. The average molecular weight is 241 g/mol. The van der Waals surface area contributed by atoms with E-state index in [1.54, 1.807) is 31.2 Å². The van der Waals surface area contributed by atoms with Crippen LogP contribution < -0.4 is 11.1 Å². The number of nitrogens with two attached hydrogens (primary N) is 1. The van der Waals surface area contributed by atoms with E-state index in [2.05, 4.69) is 10.3 Å². The van der Waals surface area contributed by atoms with Crippen LogP contribution in [0.1, 0.15) is 21.6 Å². The van der Waals surface area contributed by atoms with Gasteiger partial charge in [0, 0.05) is 5.56 Å². The van der Waals surface area contributed by atoms with Crippen LogP contribution in [0, 0.1) is 13.8 Å². The molecular weight excluding hydrogens is 226 g/mol. The zero-order valence-electron chi connectivity index (χ0n) is 10.4. The molecule has 0 unspecified atom stereocenters. The molecule has 0 saturated carbocycles. The minimum absolute atomic E-state index is 0.148. The topological polar surface area (TPSA) is 68.0 Å². The number of carbonyl (C=O) groups excluding carboxylic acids is 1. The quantitative estimate of drug-likeness (QED) is 0.849. The van der Waals surface area contributed by atoms with Crippen LogP contribution in [0.3, 0.4) is 0 Å². The van der Waals surface area contributed by atoms with E-state index < -0.39 is 0 Å². The molecule has 4 heteroatoms. The van der Waals surface area contributed by atoms with Crippen LogP contribution in [0.25, 0.3) is 0 Å². The van der Waals surface area contributed by atoms with Crippen LogP contribution in [0.4, 0.5) is 11.5 Å². The number of nitrogens with one attached hydrogen (secondary N) is 1. The molecule has 0 aliphatic rings. The van der Waals surface area contributed by atoms with E-state index >= 15 is 0 Å². The normalized spacial score (nSPS) is 10.1. The summed E-state index contributed by atoms with van der Waals surface area (Å²) in [7, 11) is 0. The smallest absolute Gasteiger partial charge is 0.255 e. The van der Waals surface area contributed by atoms with Crippen LogP contribution in [-0.4, -0.2) is 10.9 Å². The summed E-state index contributed by atoms with van der Waals surface area (Å²) in [5, 5.41) is 2.82. The molecule has 2 rings (SSSR count). The van der Waals surface area contributed by atoms with Gasteiger partial charge in [0.25, 0.3) is 5.91 Å². The van der Waals surface area contributed by atoms with Crippen molar-refractivity contribution in [1.82, 2.24) is 4.98 Å². The Bertz CT molecular complexity index is 576. The Morgan fingerprint density at radius 1 is 1.11 bits per heavy atom. The van der Waals surface area contributed by atoms with Crippen LogP contribution in [0.2, 0.25) is 0 Å². The van der Waals surface area contributed by atoms with E-state index in [0.29, 0.717) is 22.8 Å². The molecule has 4 nitrogen and oxygen atoms in total. The molecule has 0 bridgehead atoms. The van der Waals surface area contributed by atoms with Gasteiger partial charge in [-0.05, 0) is 38.1 Å². The van der Waals surface area contributed by atoms with Crippen molar-refractivity contribution in [3.05, 3.63) is 53.2 Å². The molecule has 2 aromatic rings. The summed E-state index contributed by atoms with van der Waals surface area (Å²) in [6.07, 6.45) is 0. The second-order valence-electron chi connectivity index (χ2n) is 4.19. The van der Waals surface area contributed by atoms with E-state index in [1.807, 2.05) is 19.1 Å². The first-order valence-electron chi connectivity index (χ1n) is 5.67. The van der Waals surface area contributed by atoms with Crippen molar-refractivity contribution in [3.63, 3.8) is 0 Å². The SMILES string of the molecule is Cc1ccc(C(=O)Nc2ccc(N)nc2C)cc1. The first kappa shape index (κ1) is 12.1. The molecular formula is C14H15N3O. The summed E-state index contributed by atoms with van der Waals surface area (Å²) in [6, 6.07) is 10.8. The lowest BCUT2D eigenvalue weighted by Gasteiger charge is -2.08. The van der Waals surface area contributed by atoms with Gasteiger partial charge in [-0.25, -0.2) is 4.98 Å². The Kier molecular flexibility index (Phi) is 3.28. The lowest BCUT2D eigenvalue weighted by atomic mass is 10.1. The van der Waals surface area contributed by atoms with Crippen molar-refractivity contribution in [2.75, 3.05) is 11.1 Å². The highest BCUT2D eigenvalue weighted by molar-refractivity contribution is 6.04. The third-order valence-corrected chi connectivity index (χ3v) is 2.67. The molecule has 0 aliphatic carbocycles. The molecule has 1 aromatic carbocycles. The van der Waals surface area contributed by atoms with Crippen molar-refractivity contribution >= 4 is 17.4 Å². The first-order valence-corrected chi connectivity index (χ1v) is 5.67. The van der Waals surface area contributed by atoms with E-state index in [4.69, 9.17) is 5.73 Å². The lowest BCUT2D eigenvalue weighted by Crippen LogP contribution is -2.13. The molecule has 0 radical (unpaired) electrons. The fourth-order valence-electron chi connectivity index (χ4n) is 1.61. The fraction of sp³-hybridized carbons (Fsp3) is 0.143. The van der Waals surface area contributed by atoms with Gasteiger partial charge in [-0.3, -0.25) is 4.79 Å². The first-order chi connectivity index (χ1) is 8.56. The van der Waals surface area contributed by atoms with E-state index in [-0.39, 0.29) is 5.91 Å². The summed E-state index contributed by atoms with van der Waals surface area (Å²) in [5.74, 6) is 0.297. The number of aromatic nitrogens is 1. The predicted molar refractivity (Wildman–Crippen MR) is 72.5 cm³/mol. The highest BCUT2D eigenvalue weighted by atomic mass is 16.1. The number of amides is 1. The minimum Gasteiger partial charge on any atom is -0.384 e. The fourth-order valence-corrected chi connectivity index (χ4v) is 1.61. The van der Waals surface area contributed by atoms with Gasteiger partial charge in [0.15, 0.2) is 0 Å². The molecule has 92 valence electrons. The van der Waals surface area contributed by atoms with Crippen molar-refractivity contribution in [2.24, 2.45) is 0 Å². The number of nitrogens with zero attached hydrogens (tertiary/aromatic N) is 1. The third kappa shape index (κ3) is 2.66. The molecule has 0 spiro atoms. The largest absolute Gasteiger partial charge is 0.384 e. The number of hydrogen-bond acceptors (Lipinski definition) is 3. The minimum atomic E-state index is -0.148. The molecule has 1 amide bonds. The van der Waals surface area contributed by atoms with Gasteiger partial charge in [-0.15, -0.1) is 0 Å². The van der Waals surface area contributed by atoms with Gasteiger partial charge >= 0.3 is 0 Å². The van der Waals surface area contributed by atoms with Gasteiger partial charge in [-0.2, -0.15) is 0 Å². The van der Waals surface area contributed by atoms with Crippen molar-refractivity contribution < 1.29 is 4.79 Å². The van der Waals surface area contributed by atoms with Crippen LogP contribution in [0.15, 0.2) is 36.4 Å². The zero-order chi connectivity index (χ0) is 13.1. The van der Waals surface area contributed by atoms with Gasteiger partial charge in [-0.1, -0.05) is 17.7 Å². The van der Waals surface area contributed by atoms with E-state index in [9.17, 15) is 4.79 Å². The van der Waals surface area contributed by atoms with Crippen LogP contribution >= 0.6 is 0 Å². The predicted octanol–water partition coefficient (Wildman–Crippen LogP) is 2.53. The molecule has 0 aliphatic heterocycles. The van der Waals surface area contributed by atoms with Crippen molar-refractivity contribution in [1.29, 1.82) is 0 Å². The Balaban J connectivity index is 2.18. The van der Waals surface area contributed by atoms with Crippen LogP contribution in [0.5, 0.6) is 0 Å². The second-order valence-corrected chi connectivity index (χ2v) is 4.19. The second kappa shape index (κ2) is 4.87. The molecule has 18 heavy (non-hydrogen) atoms. The Labute approximate surface area is 106 Å². The molecule has 1 heterocycles. The summed E-state index contributed by atoms with van der Waals surface area (Å²) < 4.78 is 0. The van der Waals surface area contributed by atoms with Gasteiger partial charge < -0.3 is 11.1 Å². The molecule has 0 fully saturated rings. The standard InChI is InChI=1S/C14H15N3O/c1-9-3-5-11(6-4-9)14(18)17-12-7-8-13(15)16-10(12)2/h3-8H,1-2H3,(H2,15,16)(H,17,18). The maximum Gasteiger partial charge on any atom is 0.255 e. The molecule has 0 atom stereocenters. The Hall–Kier alpha value is -2.36. The third-order valence-electron chi connectivity index (χ3n) is 2.67. The van der Waals surface area contributed by atoms with Crippen molar-refractivity contribution in [2.45, 2.75) is 13.8 Å². The molecule has 3 N–H and O–H groups in total. The van der Waals surface area contributed by atoms with E-state index in [1.165, 1.54) is 0 Å². The van der Waals surface area contributed by atoms with Gasteiger partial charge in [0.1, 0.15) is 5.82 Å². The maximum atomic E-state index is 12.0. The average Bonchev–Trinajstić information content (AvgIpc) is 2.33. The number of rotatable bonds is 2. The van der Waals surface area contributed by atoms with Crippen molar-refractivity contribution in [3.8, 4) is 0 Å². The molecule has 1 aromatic heterocycles. The zero-order valence-corrected chi connectivity index (χ0v) is 10.4. The Morgan fingerprint density at radius 2 is 1.78 bits per heavy atom. The monoisotopic (exact) mass is 241 g/mol. The number of hydrogen-bond donors (Lipinski definition) is 2. The lowest BCUT2D eigenvalue weighted by molar-refractivity contribution is 0.102. The number of anilines is 2. The van der Waals surface area contributed by atoms with Gasteiger partial charge in [0.05, 0.1) is 11.4 Å².